The first-order chi connectivity index (χ1) is 12.5. The molecular weight excluding hydrogens is 332 g/mol. The molecule has 0 saturated carbocycles. The van der Waals surface area contributed by atoms with Gasteiger partial charge in [0, 0.05) is 36.8 Å². The highest BCUT2D eigenvalue weighted by Crippen LogP contribution is 2.42. The van der Waals surface area contributed by atoms with E-state index in [1.54, 1.807) is 14.2 Å². The minimum Gasteiger partial charge on any atom is -0.493 e. The highest BCUT2D eigenvalue weighted by molar-refractivity contribution is 5.73. The maximum absolute atomic E-state index is 11.9. The fourth-order valence-electron chi connectivity index (χ4n) is 3.70. The van der Waals surface area contributed by atoms with Gasteiger partial charge in [0.2, 0.25) is 0 Å². The molecule has 26 heavy (non-hydrogen) atoms. The van der Waals surface area contributed by atoms with Crippen LogP contribution in [0.3, 0.4) is 0 Å². The first-order valence-corrected chi connectivity index (χ1v) is 8.62. The molecule has 0 amide bonds. The van der Waals surface area contributed by atoms with E-state index in [1.807, 2.05) is 43.3 Å². The van der Waals surface area contributed by atoms with Gasteiger partial charge in [-0.25, -0.2) is 0 Å². The van der Waals surface area contributed by atoms with Crippen molar-refractivity contribution >= 4 is 5.97 Å². The Morgan fingerprint density at radius 1 is 1.19 bits per heavy atom. The van der Waals surface area contributed by atoms with Gasteiger partial charge in [-0.2, -0.15) is 0 Å². The zero-order valence-corrected chi connectivity index (χ0v) is 15.3. The number of aromatic nitrogens is 1. The lowest BCUT2D eigenvalue weighted by Crippen LogP contribution is -2.23. The third-order valence-corrected chi connectivity index (χ3v) is 4.88. The fourth-order valence-corrected chi connectivity index (χ4v) is 3.70. The molecule has 138 valence electrons. The number of likely N-dealkylation sites (tertiary alicyclic amines) is 1. The molecule has 6 nitrogen and oxygen atoms in total. The number of carboxylic acid groups (broad SMARTS) is 1. The predicted molar refractivity (Wildman–Crippen MR) is 97.7 cm³/mol. The molecule has 1 saturated heterocycles. The molecule has 2 heterocycles. The molecule has 1 fully saturated rings. The van der Waals surface area contributed by atoms with Gasteiger partial charge in [0.1, 0.15) is 0 Å². The molecule has 0 unspecified atom stereocenters. The van der Waals surface area contributed by atoms with Crippen molar-refractivity contribution in [2.75, 3.05) is 27.3 Å². The zero-order chi connectivity index (χ0) is 18.7. The number of para-hydroxylation sites is 1. The molecule has 1 aromatic carbocycles. The van der Waals surface area contributed by atoms with E-state index in [0.717, 1.165) is 17.0 Å². The van der Waals surface area contributed by atoms with Crippen LogP contribution in [0.1, 0.15) is 22.9 Å². The van der Waals surface area contributed by atoms with E-state index in [2.05, 4.69) is 9.88 Å². The molecule has 6 heteroatoms. The Morgan fingerprint density at radius 3 is 2.62 bits per heavy atom. The normalized spacial score (nSPS) is 20.1. The average Bonchev–Trinajstić information content (AvgIpc) is 3.04. The van der Waals surface area contributed by atoms with Gasteiger partial charge in [0.05, 0.1) is 25.8 Å². The SMILES string of the molecule is COc1cccc([C@H]2CN(Cc3cccc(C)n3)C[C@@H]2C(=O)O)c1OC. The molecule has 2 aromatic rings. The number of carbonyl (C=O) groups is 1. The Bertz CT molecular complexity index is 793. The van der Waals surface area contributed by atoms with Gasteiger partial charge in [-0.3, -0.25) is 14.7 Å². The van der Waals surface area contributed by atoms with E-state index in [0.29, 0.717) is 31.1 Å². The minimum absolute atomic E-state index is 0.164. The molecule has 3 rings (SSSR count). The minimum atomic E-state index is -0.792. The van der Waals surface area contributed by atoms with E-state index in [-0.39, 0.29) is 5.92 Å². The second-order valence-corrected chi connectivity index (χ2v) is 6.60. The van der Waals surface area contributed by atoms with Crippen molar-refractivity contribution in [3.05, 3.63) is 53.3 Å². The third-order valence-electron chi connectivity index (χ3n) is 4.88. The van der Waals surface area contributed by atoms with Gasteiger partial charge in [0.15, 0.2) is 11.5 Å². The number of methoxy groups -OCH3 is 2. The fraction of sp³-hybridized carbons (Fsp3) is 0.400. The van der Waals surface area contributed by atoms with Gasteiger partial charge in [-0.15, -0.1) is 0 Å². The van der Waals surface area contributed by atoms with Gasteiger partial charge in [0.25, 0.3) is 0 Å². The summed E-state index contributed by atoms with van der Waals surface area (Å²) >= 11 is 0. The van der Waals surface area contributed by atoms with Crippen LogP contribution in [-0.2, 0) is 11.3 Å². The van der Waals surface area contributed by atoms with Crippen LogP contribution in [-0.4, -0.2) is 48.3 Å². The van der Waals surface area contributed by atoms with Crippen LogP contribution < -0.4 is 9.47 Å². The van der Waals surface area contributed by atoms with Crippen LogP contribution in [0.4, 0.5) is 0 Å². The highest BCUT2D eigenvalue weighted by Gasteiger charge is 2.40. The molecule has 1 aliphatic heterocycles. The van der Waals surface area contributed by atoms with Crippen molar-refractivity contribution in [3.63, 3.8) is 0 Å². The summed E-state index contributed by atoms with van der Waals surface area (Å²) in [6, 6.07) is 11.5. The van der Waals surface area contributed by atoms with E-state index in [4.69, 9.17) is 9.47 Å². The summed E-state index contributed by atoms with van der Waals surface area (Å²) in [7, 11) is 3.17. The number of rotatable bonds is 6. The second kappa shape index (κ2) is 7.74. The topological polar surface area (TPSA) is 71.9 Å². The van der Waals surface area contributed by atoms with Crippen LogP contribution in [0, 0.1) is 12.8 Å². The summed E-state index contributed by atoms with van der Waals surface area (Å²) in [6.07, 6.45) is 0. The molecule has 2 atom stereocenters. The predicted octanol–water partition coefficient (Wildman–Crippen LogP) is 2.71. The van der Waals surface area contributed by atoms with Crippen molar-refractivity contribution < 1.29 is 19.4 Å². The maximum atomic E-state index is 11.9. The van der Waals surface area contributed by atoms with Gasteiger partial charge >= 0.3 is 5.97 Å². The van der Waals surface area contributed by atoms with Crippen molar-refractivity contribution in [1.82, 2.24) is 9.88 Å². The molecule has 0 radical (unpaired) electrons. The van der Waals surface area contributed by atoms with Crippen LogP contribution in [0.5, 0.6) is 11.5 Å². The Balaban J connectivity index is 1.88. The molecular formula is C20H24N2O4. The summed E-state index contributed by atoms with van der Waals surface area (Å²) in [4.78, 5) is 18.6. The van der Waals surface area contributed by atoms with E-state index < -0.39 is 11.9 Å². The van der Waals surface area contributed by atoms with Gasteiger partial charge in [-0.05, 0) is 25.1 Å². The zero-order valence-electron chi connectivity index (χ0n) is 15.3. The summed E-state index contributed by atoms with van der Waals surface area (Å²) in [6.45, 7) is 3.71. The number of aliphatic carboxylic acids is 1. The Morgan fingerprint density at radius 2 is 1.96 bits per heavy atom. The molecule has 1 aromatic heterocycles. The molecule has 1 aliphatic rings. The molecule has 1 N–H and O–H groups in total. The largest absolute Gasteiger partial charge is 0.493 e. The third kappa shape index (κ3) is 3.65. The van der Waals surface area contributed by atoms with E-state index in [9.17, 15) is 9.90 Å². The number of benzene rings is 1. The second-order valence-electron chi connectivity index (χ2n) is 6.60. The smallest absolute Gasteiger partial charge is 0.308 e. The lowest BCUT2D eigenvalue weighted by atomic mass is 9.88. The number of hydrogen-bond acceptors (Lipinski definition) is 5. The molecule has 0 aliphatic carbocycles. The first-order valence-electron chi connectivity index (χ1n) is 8.62. The lowest BCUT2D eigenvalue weighted by Gasteiger charge is -2.20. The van der Waals surface area contributed by atoms with Crippen molar-refractivity contribution in [2.24, 2.45) is 5.92 Å². The Kier molecular flexibility index (Phi) is 5.42. The van der Waals surface area contributed by atoms with Crippen molar-refractivity contribution in [2.45, 2.75) is 19.4 Å². The molecule has 0 spiro atoms. The monoisotopic (exact) mass is 356 g/mol. The average molecular weight is 356 g/mol. The van der Waals surface area contributed by atoms with E-state index >= 15 is 0 Å². The number of ether oxygens (including phenoxy) is 2. The summed E-state index contributed by atoms with van der Waals surface area (Å²) in [5.74, 6) is -0.225. The Labute approximate surface area is 153 Å². The first kappa shape index (κ1) is 18.2. The maximum Gasteiger partial charge on any atom is 0.308 e. The number of pyridine rings is 1. The quantitative estimate of drug-likeness (QED) is 0.858. The number of hydrogen-bond donors (Lipinski definition) is 1. The van der Waals surface area contributed by atoms with Crippen LogP contribution in [0.25, 0.3) is 0 Å². The number of aryl methyl sites for hydroxylation is 1. The molecule has 0 bridgehead atoms. The van der Waals surface area contributed by atoms with Gasteiger partial charge < -0.3 is 14.6 Å². The number of carboxylic acids is 1. The highest BCUT2D eigenvalue weighted by atomic mass is 16.5. The van der Waals surface area contributed by atoms with Gasteiger partial charge in [-0.1, -0.05) is 18.2 Å². The van der Waals surface area contributed by atoms with Crippen molar-refractivity contribution in [1.29, 1.82) is 0 Å². The Hall–Kier alpha value is -2.60. The van der Waals surface area contributed by atoms with E-state index in [1.165, 1.54) is 0 Å². The summed E-state index contributed by atoms with van der Waals surface area (Å²) < 4.78 is 10.9. The van der Waals surface area contributed by atoms with Crippen LogP contribution in [0.2, 0.25) is 0 Å². The van der Waals surface area contributed by atoms with Crippen LogP contribution >= 0.6 is 0 Å². The summed E-state index contributed by atoms with van der Waals surface area (Å²) in [5, 5.41) is 9.75. The lowest BCUT2D eigenvalue weighted by molar-refractivity contribution is -0.141. The summed E-state index contributed by atoms with van der Waals surface area (Å²) in [5.41, 5.74) is 2.79. The van der Waals surface area contributed by atoms with Crippen molar-refractivity contribution in [3.8, 4) is 11.5 Å². The number of nitrogens with zero attached hydrogens (tertiary/aromatic N) is 2. The standard InChI is InChI=1S/C20H24N2O4/c1-13-6-4-7-14(21-13)10-22-11-16(17(12-22)20(23)24)15-8-5-9-18(25-2)19(15)26-3/h4-9,16-17H,10-12H2,1-3H3,(H,23,24)/t16-,17+/m1/s1. The van der Waals surface area contributed by atoms with Crippen LogP contribution in [0.15, 0.2) is 36.4 Å².